The van der Waals surface area contributed by atoms with E-state index in [1.54, 1.807) is 12.1 Å². The number of carbonyl (C=O) groups is 1. The number of aliphatic hydroxyl groups is 1. The molecule has 0 saturated heterocycles. The Labute approximate surface area is 147 Å². The molecule has 0 spiro atoms. The van der Waals surface area contributed by atoms with Crippen LogP contribution in [0.5, 0.6) is 0 Å². The lowest BCUT2D eigenvalue weighted by Gasteiger charge is -2.18. The van der Waals surface area contributed by atoms with Crippen LogP contribution in [0.1, 0.15) is 35.6 Å². The number of amides is 1. The van der Waals surface area contributed by atoms with Gasteiger partial charge in [0.1, 0.15) is 5.82 Å². The Hall–Kier alpha value is -2.41. The molecule has 2 aromatic rings. The van der Waals surface area contributed by atoms with Crippen molar-refractivity contribution in [2.24, 2.45) is 0 Å². The summed E-state index contributed by atoms with van der Waals surface area (Å²) in [5.74, 6) is -0.669. The van der Waals surface area contributed by atoms with Gasteiger partial charge in [-0.05, 0) is 48.2 Å². The van der Waals surface area contributed by atoms with Crippen molar-refractivity contribution in [2.75, 3.05) is 6.54 Å². The molecule has 1 aliphatic rings. The number of nitrogens with one attached hydrogen (secondary N) is 1. The predicted octanol–water partition coefficient (Wildman–Crippen LogP) is 3.73. The summed E-state index contributed by atoms with van der Waals surface area (Å²) in [6, 6.07) is 9.86. The fraction of sp³-hybridized carbons (Fsp3) is 0.316. The maximum absolute atomic E-state index is 13.0. The van der Waals surface area contributed by atoms with Crippen molar-refractivity contribution in [3.63, 3.8) is 0 Å². The van der Waals surface area contributed by atoms with Crippen molar-refractivity contribution in [3.8, 4) is 0 Å². The smallest absolute Gasteiger partial charge is 0.387 e. The van der Waals surface area contributed by atoms with Gasteiger partial charge in [0.15, 0.2) is 0 Å². The van der Waals surface area contributed by atoms with Crippen LogP contribution in [0.2, 0.25) is 0 Å². The van der Waals surface area contributed by atoms with Gasteiger partial charge in [0.25, 0.3) is 0 Å². The Morgan fingerprint density at radius 1 is 1.08 bits per heavy atom. The number of halogens is 4. The minimum atomic E-state index is -4.44. The first-order valence-corrected chi connectivity index (χ1v) is 8.12. The summed E-state index contributed by atoms with van der Waals surface area (Å²) in [5, 5.41) is 12.7. The lowest BCUT2D eigenvalue weighted by Crippen LogP contribution is -2.37. The molecule has 0 radical (unpaired) electrons. The maximum atomic E-state index is 13.0. The molecule has 0 bridgehead atoms. The molecule has 0 aliphatic heterocycles. The van der Waals surface area contributed by atoms with E-state index in [1.165, 1.54) is 24.3 Å². The Morgan fingerprint density at radius 2 is 1.65 bits per heavy atom. The monoisotopic (exact) mass is 367 g/mol. The topological polar surface area (TPSA) is 49.3 Å². The van der Waals surface area contributed by atoms with Crippen LogP contribution in [0, 0.1) is 5.82 Å². The molecule has 3 nitrogen and oxygen atoms in total. The largest absolute Gasteiger partial charge is 0.416 e. The van der Waals surface area contributed by atoms with E-state index < -0.39 is 23.3 Å². The molecule has 26 heavy (non-hydrogen) atoms. The second-order valence-electron chi connectivity index (χ2n) is 6.43. The molecule has 1 saturated carbocycles. The molecule has 1 atom stereocenters. The number of hydrogen-bond donors (Lipinski definition) is 2. The van der Waals surface area contributed by atoms with Crippen LogP contribution in [-0.2, 0) is 16.4 Å². The predicted molar refractivity (Wildman–Crippen MR) is 86.7 cm³/mol. The van der Waals surface area contributed by atoms with Crippen molar-refractivity contribution in [1.82, 2.24) is 5.32 Å². The minimum absolute atomic E-state index is 0.118. The highest BCUT2D eigenvalue weighted by atomic mass is 19.4. The molecule has 0 aromatic heterocycles. The van der Waals surface area contributed by atoms with Crippen molar-refractivity contribution < 1.29 is 27.5 Å². The second-order valence-corrected chi connectivity index (χ2v) is 6.43. The van der Waals surface area contributed by atoms with Crippen molar-refractivity contribution in [2.45, 2.75) is 30.5 Å². The van der Waals surface area contributed by atoms with Crippen molar-refractivity contribution >= 4 is 5.91 Å². The number of rotatable bonds is 5. The van der Waals surface area contributed by atoms with Crippen molar-refractivity contribution in [1.29, 1.82) is 0 Å². The average molecular weight is 367 g/mol. The van der Waals surface area contributed by atoms with Gasteiger partial charge in [0.05, 0.1) is 17.1 Å². The third-order valence-electron chi connectivity index (χ3n) is 4.66. The molecule has 1 aliphatic carbocycles. The van der Waals surface area contributed by atoms with E-state index in [4.69, 9.17) is 0 Å². The van der Waals surface area contributed by atoms with Gasteiger partial charge in [0, 0.05) is 6.54 Å². The second kappa shape index (κ2) is 6.72. The van der Waals surface area contributed by atoms with Crippen LogP contribution in [0.15, 0.2) is 48.5 Å². The number of carbonyl (C=O) groups excluding carboxylic acids is 1. The molecule has 2 aromatic carbocycles. The molecule has 3 rings (SSSR count). The first-order valence-electron chi connectivity index (χ1n) is 8.12. The van der Waals surface area contributed by atoms with Gasteiger partial charge in [-0.25, -0.2) is 4.39 Å². The van der Waals surface area contributed by atoms with E-state index in [2.05, 4.69) is 5.32 Å². The van der Waals surface area contributed by atoms with Gasteiger partial charge in [-0.1, -0.05) is 24.3 Å². The standard InChI is InChI=1S/C19H17F4NO2/c20-15-7-5-13(6-8-15)18(9-10-18)17(26)24-11-16(25)12-1-3-14(4-2-12)19(21,22)23/h1-8,16,25H,9-11H2,(H,24,26). The fourth-order valence-electron chi connectivity index (χ4n) is 2.91. The van der Waals surface area contributed by atoms with Gasteiger partial charge in [-0.3, -0.25) is 4.79 Å². The van der Waals surface area contributed by atoms with Gasteiger partial charge in [-0.2, -0.15) is 13.2 Å². The summed E-state index contributed by atoms with van der Waals surface area (Å²) in [7, 11) is 0. The summed E-state index contributed by atoms with van der Waals surface area (Å²) in [6.07, 6.45) is -4.31. The van der Waals surface area contributed by atoms with Gasteiger partial charge in [-0.15, -0.1) is 0 Å². The highest BCUT2D eigenvalue weighted by molar-refractivity contribution is 5.91. The van der Waals surface area contributed by atoms with Gasteiger partial charge < -0.3 is 10.4 Å². The van der Waals surface area contributed by atoms with Crippen LogP contribution >= 0.6 is 0 Å². The zero-order chi connectivity index (χ0) is 18.9. The maximum Gasteiger partial charge on any atom is 0.416 e. The lowest BCUT2D eigenvalue weighted by molar-refractivity contribution is -0.137. The fourth-order valence-corrected chi connectivity index (χ4v) is 2.91. The van der Waals surface area contributed by atoms with E-state index in [0.717, 1.165) is 12.1 Å². The average Bonchev–Trinajstić information content (AvgIpc) is 3.41. The lowest BCUT2D eigenvalue weighted by atomic mass is 9.95. The van der Waals surface area contributed by atoms with E-state index >= 15 is 0 Å². The van der Waals surface area contributed by atoms with E-state index in [1.807, 2.05) is 0 Å². The third-order valence-corrected chi connectivity index (χ3v) is 4.66. The summed E-state index contributed by atoms with van der Waals surface area (Å²) < 4.78 is 50.7. The molecule has 1 unspecified atom stereocenters. The molecule has 138 valence electrons. The minimum Gasteiger partial charge on any atom is -0.387 e. The number of aliphatic hydroxyl groups excluding tert-OH is 1. The number of hydrogen-bond acceptors (Lipinski definition) is 2. The molecule has 1 fully saturated rings. The zero-order valence-electron chi connectivity index (χ0n) is 13.7. The first kappa shape index (κ1) is 18.4. The van der Waals surface area contributed by atoms with Gasteiger partial charge in [0.2, 0.25) is 5.91 Å². The highest BCUT2D eigenvalue weighted by Gasteiger charge is 2.51. The van der Waals surface area contributed by atoms with Crippen LogP contribution in [0.25, 0.3) is 0 Å². The molecule has 2 N–H and O–H groups in total. The van der Waals surface area contributed by atoms with E-state index in [0.29, 0.717) is 18.4 Å². The zero-order valence-corrected chi connectivity index (χ0v) is 13.7. The Balaban J connectivity index is 1.61. The quantitative estimate of drug-likeness (QED) is 0.792. The molecular formula is C19H17F4NO2. The summed E-state index contributed by atoms with van der Waals surface area (Å²) >= 11 is 0. The summed E-state index contributed by atoms with van der Waals surface area (Å²) in [6.45, 7) is -0.118. The number of alkyl halides is 3. The first-order chi connectivity index (χ1) is 12.2. The van der Waals surface area contributed by atoms with Crippen LogP contribution in [0.4, 0.5) is 17.6 Å². The Morgan fingerprint density at radius 3 is 2.15 bits per heavy atom. The van der Waals surface area contributed by atoms with Crippen LogP contribution in [-0.4, -0.2) is 17.6 Å². The SMILES string of the molecule is O=C(NCC(O)c1ccc(C(F)(F)F)cc1)C1(c2ccc(F)cc2)CC1. The normalized spacial score (nSPS) is 16.8. The summed E-state index contributed by atoms with van der Waals surface area (Å²) in [5.41, 5.74) is -0.524. The van der Waals surface area contributed by atoms with Crippen LogP contribution < -0.4 is 5.32 Å². The Kier molecular flexibility index (Phi) is 4.75. The summed E-state index contributed by atoms with van der Waals surface area (Å²) in [4.78, 5) is 12.5. The number of benzene rings is 2. The van der Waals surface area contributed by atoms with E-state index in [9.17, 15) is 27.5 Å². The van der Waals surface area contributed by atoms with Crippen molar-refractivity contribution in [3.05, 3.63) is 71.0 Å². The molecule has 7 heteroatoms. The molecule has 0 heterocycles. The van der Waals surface area contributed by atoms with Crippen LogP contribution in [0.3, 0.4) is 0 Å². The molecule has 1 amide bonds. The third kappa shape index (κ3) is 3.72. The van der Waals surface area contributed by atoms with Gasteiger partial charge >= 0.3 is 6.18 Å². The van der Waals surface area contributed by atoms with E-state index in [-0.39, 0.29) is 23.8 Å². The highest BCUT2D eigenvalue weighted by Crippen LogP contribution is 2.48. The molecular weight excluding hydrogens is 350 g/mol. The Bertz CT molecular complexity index is 781.